The number of carboxylic acids is 1. The molecule has 1 unspecified atom stereocenters. The number of aliphatic carboxylic acids is 1. The summed E-state index contributed by atoms with van der Waals surface area (Å²) < 4.78 is 0. The SMILES string of the molecule is CC(C)CC(NC(=O)/C(C#N)=C\N1CCN(c2cccc(Cl)c2)CC1)C(=O)O. The number of nitrogens with zero attached hydrogens (tertiary/aromatic N) is 3. The summed E-state index contributed by atoms with van der Waals surface area (Å²) in [6.07, 6.45) is 1.82. The Hall–Kier alpha value is -2.72. The number of carbonyl (C=O) groups is 2. The molecule has 1 aromatic rings. The molecule has 0 aliphatic carbocycles. The normalized spacial score (nSPS) is 15.9. The Balaban J connectivity index is 1.98. The van der Waals surface area contributed by atoms with Crippen molar-refractivity contribution in [2.45, 2.75) is 26.3 Å². The molecule has 1 aliphatic rings. The molecule has 1 aromatic carbocycles. The Labute approximate surface area is 170 Å². The van der Waals surface area contributed by atoms with Gasteiger partial charge in [-0.3, -0.25) is 4.79 Å². The number of piperazine rings is 1. The second-order valence-corrected chi connectivity index (χ2v) is 7.59. The number of anilines is 1. The van der Waals surface area contributed by atoms with Crippen molar-refractivity contribution in [1.82, 2.24) is 10.2 Å². The number of nitriles is 1. The van der Waals surface area contributed by atoms with Crippen molar-refractivity contribution in [2.24, 2.45) is 5.92 Å². The molecule has 1 amide bonds. The zero-order chi connectivity index (χ0) is 20.7. The second-order valence-electron chi connectivity index (χ2n) is 7.15. The molecule has 1 fully saturated rings. The summed E-state index contributed by atoms with van der Waals surface area (Å²) >= 11 is 6.04. The number of amides is 1. The molecule has 2 rings (SSSR count). The summed E-state index contributed by atoms with van der Waals surface area (Å²) in [5, 5.41) is 21.7. The van der Waals surface area contributed by atoms with E-state index in [4.69, 9.17) is 11.6 Å². The maximum absolute atomic E-state index is 12.4. The lowest BCUT2D eigenvalue weighted by Gasteiger charge is -2.35. The minimum Gasteiger partial charge on any atom is -0.480 e. The molecule has 28 heavy (non-hydrogen) atoms. The number of carboxylic acid groups (broad SMARTS) is 1. The van der Waals surface area contributed by atoms with Crippen LogP contribution in [-0.4, -0.2) is 54.1 Å². The van der Waals surface area contributed by atoms with E-state index < -0.39 is 17.9 Å². The quantitative estimate of drug-likeness (QED) is 0.535. The van der Waals surface area contributed by atoms with Crippen molar-refractivity contribution in [1.29, 1.82) is 5.26 Å². The largest absolute Gasteiger partial charge is 0.480 e. The van der Waals surface area contributed by atoms with Gasteiger partial charge in [0.25, 0.3) is 5.91 Å². The molecule has 0 aromatic heterocycles. The van der Waals surface area contributed by atoms with Gasteiger partial charge in [-0.15, -0.1) is 0 Å². The summed E-state index contributed by atoms with van der Waals surface area (Å²) in [6.45, 7) is 6.48. The fourth-order valence-electron chi connectivity index (χ4n) is 3.03. The molecular weight excluding hydrogens is 380 g/mol. The van der Waals surface area contributed by atoms with Gasteiger partial charge >= 0.3 is 5.97 Å². The maximum Gasteiger partial charge on any atom is 0.326 e. The molecule has 8 heteroatoms. The fourth-order valence-corrected chi connectivity index (χ4v) is 3.22. The van der Waals surface area contributed by atoms with Gasteiger partial charge in [0.2, 0.25) is 0 Å². The zero-order valence-electron chi connectivity index (χ0n) is 16.1. The molecule has 1 heterocycles. The van der Waals surface area contributed by atoms with Crippen LogP contribution in [0.4, 0.5) is 5.69 Å². The predicted octanol–water partition coefficient (Wildman–Crippen LogP) is 2.48. The number of rotatable bonds is 7. The van der Waals surface area contributed by atoms with Crippen LogP contribution in [0.25, 0.3) is 0 Å². The van der Waals surface area contributed by atoms with E-state index in [1.165, 1.54) is 6.20 Å². The van der Waals surface area contributed by atoms with Crippen molar-refractivity contribution in [3.8, 4) is 6.07 Å². The monoisotopic (exact) mass is 404 g/mol. The molecular formula is C20H25ClN4O3. The fraction of sp³-hybridized carbons (Fsp3) is 0.450. The molecule has 2 N–H and O–H groups in total. The Kier molecular flexibility index (Phi) is 7.70. The van der Waals surface area contributed by atoms with Crippen LogP contribution in [0.1, 0.15) is 20.3 Å². The lowest BCUT2D eigenvalue weighted by molar-refractivity contribution is -0.141. The molecule has 150 valence electrons. The first kappa shape index (κ1) is 21.6. The van der Waals surface area contributed by atoms with Crippen molar-refractivity contribution < 1.29 is 14.7 Å². The molecule has 0 spiro atoms. The van der Waals surface area contributed by atoms with Gasteiger partial charge in [0.15, 0.2) is 0 Å². The number of carbonyl (C=O) groups excluding carboxylic acids is 1. The molecule has 0 saturated carbocycles. The highest BCUT2D eigenvalue weighted by molar-refractivity contribution is 6.30. The molecule has 0 bridgehead atoms. The van der Waals surface area contributed by atoms with Gasteiger partial charge in [0, 0.05) is 43.1 Å². The van der Waals surface area contributed by atoms with Gasteiger partial charge in [-0.2, -0.15) is 5.26 Å². The van der Waals surface area contributed by atoms with Gasteiger partial charge in [-0.25, -0.2) is 4.79 Å². The summed E-state index contributed by atoms with van der Waals surface area (Å²) in [5.74, 6) is -1.65. The van der Waals surface area contributed by atoms with Crippen molar-refractivity contribution in [2.75, 3.05) is 31.1 Å². The first-order chi connectivity index (χ1) is 13.3. The molecule has 1 aliphatic heterocycles. The van der Waals surface area contributed by atoms with E-state index in [9.17, 15) is 20.0 Å². The van der Waals surface area contributed by atoms with E-state index >= 15 is 0 Å². The third-order valence-electron chi connectivity index (χ3n) is 4.47. The number of benzene rings is 1. The van der Waals surface area contributed by atoms with Gasteiger partial charge in [0.05, 0.1) is 0 Å². The van der Waals surface area contributed by atoms with Crippen LogP contribution in [0, 0.1) is 17.2 Å². The molecule has 1 saturated heterocycles. The predicted molar refractivity (Wildman–Crippen MR) is 108 cm³/mol. The van der Waals surface area contributed by atoms with E-state index in [0.717, 1.165) is 18.8 Å². The highest BCUT2D eigenvalue weighted by Crippen LogP contribution is 2.21. The average molecular weight is 405 g/mol. The summed E-state index contributed by atoms with van der Waals surface area (Å²) in [6, 6.07) is 8.49. The molecule has 1 atom stereocenters. The summed E-state index contributed by atoms with van der Waals surface area (Å²) in [7, 11) is 0. The Bertz CT molecular complexity index is 780. The second kappa shape index (κ2) is 10.00. The van der Waals surface area contributed by atoms with Crippen LogP contribution < -0.4 is 10.2 Å². The van der Waals surface area contributed by atoms with Gasteiger partial charge < -0.3 is 20.2 Å². The third-order valence-corrected chi connectivity index (χ3v) is 4.71. The van der Waals surface area contributed by atoms with E-state index in [1.54, 1.807) is 0 Å². The van der Waals surface area contributed by atoms with Gasteiger partial charge in [0.1, 0.15) is 17.7 Å². The van der Waals surface area contributed by atoms with Crippen LogP contribution >= 0.6 is 11.6 Å². The topological polar surface area (TPSA) is 96.7 Å². The van der Waals surface area contributed by atoms with Crippen LogP contribution in [0.5, 0.6) is 0 Å². The van der Waals surface area contributed by atoms with Crippen molar-refractivity contribution in [3.05, 3.63) is 41.1 Å². The standard InChI is InChI=1S/C20H25ClN4O3/c1-14(2)10-18(20(27)28)23-19(26)15(12-22)13-24-6-8-25(9-7-24)17-5-3-4-16(21)11-17/h3-5,11,13-14,18H,6-10H2,1-2H3,(H,23,26)(H,27,28)/b15-13-. The van der Waals surface area contributed by atoms with E-state index in [2.05, 4.69) is 10.2 Å². The minimum atomic E-state index is -1.10. The summed E-state index contributed by atoms with van der Waals surface area (Å²) in [4.78, 5) is 27.8. The average Bonchev–Trinajstić information content (AvgIpc) is 2.65. The lowest BCUT2D eigenvalue weighted by atomic mass is 10.0. The maximum atomic E-state index is 12.4. The van der Waals surface area contributed by atoms with Gasteiger partial charge in [-0.1, -0.05) is 31.5 Å². The number of halogens is 1. The van der Waals surface area contributed by atoms with Gasteiger partial charge in [-0.05, 0) is 30.5 Å². The Morgan fingerprint density at radius 1 is 1.32 bits per heavy atom. The van der Waals surface area contributed by atoms with Crippen LogP contribution in [0.2, 0.25) is 5.02 Å². The van der Waals surface area contributed by atoms with Crippen molar-refractivity contribution >= 4 is 29.2 Å². The molecule has 0 radical (unpaired) electrons. The number of hydrogen-bond acceptors (Lipinski definition) is 5. The first-order valence-electron chi connectivity index (χ1n) is 9.20. The number of hydrogen-bond donors (Lipinski definition) is 2. The zero-order valence-corrected chi connectivity index (χ0v) is 16.8. The first-order valence-corrected chi connectivity index (χ1v) is 9.58. The third kappa shape index (κ3) is 6.17. The highest BCUT2D eigenvalue weighted by Gasteiger charge is 2.24. The van der Waals surface area contributed by atoms with E-state index in [1.807, 2.05) is 49.1 Å². The Morgan fingerprint density at radius 2 is 2.00 bits per heavy atom. The minimum absolute atomic E-state index is 0.0915. The van der Waals surface area contributed by atoms with Crippen molar-refractivity contribution in [3.63, 3.8) is 0 Å². The highest BCUT2D eigenvalue weighted by atomic mass is 35.5. The van der Waals surface area contributed by atoms with E-state index in [-0.39, 0.29) is 11.5 Å². The van der Waals surface area contributed by atoms with Crippen LogP contribution in [-0.2, 0) is 9.59 Å². The summed E-state index contributed by atoms with van der Waals surface area (Å²) in [5.41, 5.74) is 0.943. The Morgan fingerprint density at radius 3 is 2.54 bits per heavy atom. The van der Waals surface area contributed by atoms with Crippen LogP contribution in [0.15, 0.2) is 36.0 Å². The smallest absolute Gasteiger partial charge is 0.326 e. The lowest BCUT2D eigenvalue weighted by Crippen LogP contribution is -2.45. The number of nitrogens with one attached hydrogen (secondary N) is 1. The van der Waals surface area contributed by atoms with E-state index in [0.29, 0.717) is 24.5 Å². The van der Waals surface area contributed by atoms with Crippen LogP contribution in [0.3, 0.4) is 0 Å². The molecule has 7 nitrogen and oxygen atoms in total.